The van der Waals surface area contributed by atoms with Gasteiger partial charge in [-0.25, -0.2) is 0 Å². The van der Waals surface area contributed by atoms with Gasteiger partial charge in [-0.15, -0.1) is 0 Å². The molecule has 1 rings (SSSR count). The Kier molecular flexibility index (Phi) is 3.89. The van der Waals surface area contributed by atoms with E-state index in [1.165, 1.54) is 0 Å². The van der Waals surface area contributed by atoms with Crippen molar-refractivity contribution in [1.29, 1.82) is 10.5 Å². The van der Waals surface area contributed by atoms with Crippen LogP contribution in [0.1, 0.15) is 12.5 Å². The van der Waals surface area contributed by atoms with Crippen LogP contribution in [0.4, 0.5) is 0 Å². The smallest absolute Gasteiger partial charge is 0.137 e. The molecule has 1 aromatic rings. The molecule has 0 atom stereocenters. The van der Waals surface area contributed by atoms with Gasteiger partial charge in [0.05, 0.1) is 0 Å². The average molecular weight is 194 g/mol. The summed E-state index contributed by atoms with van der Waals surface area (Å²) in [6.45, 7) is 1.86. The fourth-order valence-corrected chi connectivity index (χ4v) is 1.25. The van der Waals surface area contributed by atoms with Gasteiger partial charge in [-0.3, -0.25) is 0 Å². The first kappa shape index (κ1) is 10.8. The predicted molar refractivity (Wildman–Crippen MR) is 59.4 cm³/mol. The molecule has 0 saturated carbocycles. The summed E-state index contributed by atoms with van der Waals surface area (Å²) in [7, 11) is 0. The lowest BCUT2D eigenvalue weighted by molar-refractivity contribution is 1.46. The Bertz CT molecular complexity index is 451. The van der Waals surface area contributed by atoms with E-state index in [2.05, 4.69) is 0 Å². The van der Waals surface area contributed by atoms with Crippen molar-refractivity contribution in [2.75, 3.05) is 0 Å². The van der Waals surface area contributed by atoms with E-state index < -0.39 is 0 Å². The molecule has 2 nitrogen and oxygen atoms in total. The minimum atomic E-state index is 0.138. The second-order valence-corrected chi connectivity index (χ2v) is 2.88. The van der Waals surface area contributed by atoms with E-state index in [1.54, 1.807) is 6.08 Å². The maximum Gasteiger partial charge on any atom is 0.137 e. The number of hydrogen-bond donors (Lipinski definition) is 0. The van der Waals surface area contributed by atoms with Gasteiger partial charge in [0.15, 0.2) is 0 Å². The summed E-state index contributed by atoms with van der Waals surface area (Å²) in [4.78, 5) is 0. The number of hydrogen-bond acceptors (Lipinski definition) is 2. The Labute approximate surface area is 89.4 Å². The van der Waals surface area contributed by atoms with E-state index in [0.29, 0.717) is 5.57 Å². The van der Waals surface area contributed by atoms with Crippen molar-refractivity contribution in [3.63, 3.8) is 0 Å². The lowest BCUT2D eigenvalue weighted by Gasteiger charge is -2.01. The third-order valence-electron chi connectivity index (χ3n) is 1.91. The minimum Gasteiger partial charge on any atom is -0.192 e. The second-order valence-electron chi connectivity index (χ2n) is 2.88. The van der Waals surface area contributed by atoms with Gasteiger partial charge < -0.3 is 0 Å². The Morgan fingerprint density at radius 3 is 2.20 bits per heavy atom. The molecule has 0 unspecified atom stereocenters. The van der Waals surface area contributed by atoms with Gasteiger partial charge in [0.25, 0.3) is 0 Å². The Morgan fingerprint density at radius 2 is 1.73 bits per heavy atom. The number of benzene rings is 1. The molecule has 0 aliphatic carbocycles. The molecule has 0 fully saturated rings. The average Bonchev–Trinajstić information content (AvgIpc) is 2.30. The van der Waals surface area contributed by atoms with Crippen molar-refractivity contribution < 1.29 is 0 Å². The second kappa shape index (κ2) is 5.42. The van der Waals surface area contributed by atoms with Crippen LogP contribution in [0.25, 0.3) is 5.57 Å². The summed E-state index contributed by atoms with van der Waals surface area (Å²) in [5.41, 5.74) is 1.69. The van der Waals surface area contributed by atoms with Crippen LogP contribution in [0, 0.1) is 22.7 Å². The van der Waals surface area contributed by atoms with E-state index in [4.69, 9.17) is 10.5 Å². The van der Waals surface area contributed by atoms with Gasteiger partial charge in [-0.05, 0) is 12.5 Å². The zero-order valence-corrected chi connectivity index (χ0v) is 8.44. The highest BCUT2D eigenvalue weighted by Gasteiger charge is 2.04. The van der Waals surface area contributed by atoms with Gasteiger partial charge in [-0.1, -0.05) is 42.5 Å². The minimum absolute atomic E-state index is 0.138. The summed E-state index contributed by atoms with van der Waals surface area (Å²) < 4.78 is 0. The molecule has 1 aromatic carbocycles. The van der Waals surface area contributed by atoms with Crippen LogP contribution in [0.15, 0.2) is 48.1 Å². The van der Waals surface area contributed by atoms with Crippen molar-refractivity contribution in [2.45, 2.75) is 6.92 Å². The van der Waals surface area contributed by atoms with Crippen LogP contribution in [0.3, 0.4) is 0 Å². The Balaban J connectivity index is 3.35. The van der Waals surface area contributed by atoms with E-state index in [-0.39, 0.29) is 5.57 Å². The van der Waals surface area contributed by atoms with E-state index >= 15 is 0 Å². The third-order valence-corrected chi connectivity index (χ3v) is 1.91. The van der Waals surface area contributed by atoms with E-state index in [9.17, 15) is 0 Å². The molecule has 15 heavy (non-hydrogen) atoms. The fourth-order valence-electron chi connectivity index (χ4n) is 1.25. The Hall–Kier alpha value is -2.32. The predicted octanol–water partition coefficient (Wildman–Crippen LogP) is 3.06. The summed E-state index contributed by atoms with van der Waals surface area (Å²) in [5.74, 6) is 0. The van der Waals surface area contributed by atoms with E-state index in [0.717, 1.165) is 5.56 Å². The number of nitriles is 2. The largest absolute Gasteiger partial charge is 0.192 e. The number of nitrogens with zero attached hydrogens (tertiary/aromatic N) is 2. The Morgan fingerprint density at radius 1 is 1.13 bits per heavy atom. The number of rotatable bonds is 2. The highest BCUT2D eigenvalue weighted by Crippen LogP contribution is 2.19. The summed E-state index contributed by atoms with van der Waals surface area (Å²) >= 11 is 0. The zero-order valence-electron chi connectivity index (χ0n) is 8.44. The molecule has 0 aliphatic heterocycles. The van der Waals surface area contributed by atoms with Crippen molar-refractivity contribution in [2.24, 2.45) is 0 Å². The van der Waals surface area contributed by atoms with Crippen LogP contribution in [-0.4, -0.2) is 0 Å². The van der Waals surface area contributed by atoms with Gasteiger partial charge >= 0.3 is 0 Å². The first-order chi connectivity index (χ1) is 7.33. The summed E-state index contributed by atoms with van der Waals surface area (Å²) in [6.07, 6.45) is 3.59. The fraction of sp³-hybridized carbons (Fsp3) is 0.0769. The standard InChI is InChI=1S/C13H10N2/c1-2-6-13(12(9-14)10-15)11-7-4-3-5-8-11/h2-8H,1H3. The molecule has 0 aliphatic rings. The molecular formula is C13H10N2. The third kappa shape index (κ3) is 2.56. The highest BCUT2D eigenvalue weighted by molar-refractivity contribution is 5.81. The van der Waals surface area contributed by atoms with Crippen LogP contribution in [-0.2, 0) is 0 Å². The molecule has 2 heteroatoms. The highest BCUT2D eigenvalue weighted by atomic mass is 14.3. The molecule has 0 saturated heterocycles. The van der Waals surface area contributed by atoms with Crippen molar-refractivity contribution in [3.8, 4) is 12.1 Å². The molecule has 0 N–H and O–H groups in total. The number of allylic oxidation sites excluding steroid dienone is 4. The van der Waals surface area contributed by atoms with E-state index in [1.807, 2.05) is 55.5 Å². The normalized spacial score (nSPS) is 9.27. The first-order valence-electron chi connectivity index (χ1n) is 4.56. The summed E-state index contributed by atoms with van der Waals surface area (Å²) in [5, 5.41) is 17.6. The SMILES string of the molecule is CC=CC(=C(C#N)C#N)c1ccccc1. The van der Waals surface area contributed by atoms with Gasteiger partial charge in [-0.2, -0.15) is 10.5 Å². The van der Waals surface area contributed by atoms with Crippen LogP contribution >= 0.6 is 0 Å². The molecule has 0 amide bonds. The zero-order chi connectivity index (χ0) is 11.1. The molecular weight excluding hydrogens is 184 g/mol. The van der Waals surface area contributed by atoms with Crippen molar-refractivity contribution >= 4 is 5.57 Å². The van der Waals surface area contributed by atoms with Crippen LogP contribution < -0.4 is 0 Å². The van der Waals surface area contributed by atoms with Crippen LogP contribution in [0.2, 0.25) is 0 Å². The molecule has 0 bridgehead atoms. The summed E-state index contributed by atoms with van der Waals surface area (Å²) in [6, 6.07) is 13.2. The topological polar surface area (TPSA) is 47.6 Å². The maximum absolute atomic E-state index is 8.82. The van der Waals surface area contributed by atoms with Crippen molar-refractivity contribution in [1.82, 2.24) is 0 Å². The maximum atomic E-state index is 8.82. The molecule has 0 aromatic heterocycles. The van der Waals surface area contributed by atoms with Gasteiger partial charge in [0, 0.05) is 5.57 Å². The molecule has 0 radical (unpaired) electrons. The van der Waals surface area contributed by atoms with Crippen molar-refractivity contribution in [3.05, 3.63) is 53.6 Å². The monoisotopic (exact) mass is 194 g/mol. The molecule has 72 valence electrons. The molecule has 0 heterocycles. The van der Waals surface area contributed by atoms with Gasteiger partial charge in [0.1, 0.15) is 17.7 Å². The lowest BCUT2D eigenvalue weighted by atomic mass is 10.0. The lowest BCUT2D eigenvalue weighted by Crippen LogP contribution is -1.85. The van der Waals surface area contributed by atoms with Crippen LogP contribution in [0.5, 0.6) is 0 Å². The molecule has 0 spiro atoms. The van der Waals surface area contributed by atoms with Gasteiger partial charge in [0.2, 0.25) is 0 Å². The first-order valence-corrected chi connectivity index (χ1v) is 4.56. The quantitative estimate of drug-likeness (QED) is 0.536.